The lowest BCUT2D eigenvalue weighted by Crippen LogP contribution is -2.36. The van der Waals surface area contributed by atoms with Crippen molar-refractivity contribution in [1.29, 1.82) is 0 Å². The van der Waals surface area contributed by atoms with Gasteiger partial charge in [0.25, 0.3) is 11.8 Å². The van der Waals surface area contributed by atoms with Gasteiger partial charge in [0, 0.05) is 38.0 Å². The summed E-state index contributed by atoms with van der Waals surface area (Å²) in [7, 11) is 1.93. The number of nitrogens with zero attached hydrogens (tertiary/aromatic N) is 4. The molecule has 0 saturated carbocycles. The molecule has 39 heavy (non-hydrogen) atoms. The van der Waals surface area contributed by atoms with E-state index >= 15 is 0 Å². The number of rotatable bonds is 7. The van der Waals surface area contributed by atoms with Gasteiger partial charge in [-0.3, -0.25) is 14.6 Å². The summed E-state index contributed by atoms with van der Waals surface area (Å²) in [4.78, 5) is 38.7. The highest BCUT2D eigenvalue weighted by Gasteiger charge is 2.22. The van der Waals surface area contributed by atoms with Crippen LogP contribution in [0.5, 0.6) is 0 Å². The van der Waals surface area contributed by atoms with E-state index in [1.54, 1.807) is 31.3 Å². The Labute approximate surface area is 226 Å². The summed E-state index contributed by atoms with van der Waals surface area (Å²) in [5, 5.41) is 5.56. The molecule has 0 bridgehead atoms. The van der Waals surface area contributed by atoms with Crippen LogP contribution in [-0.2, 0) is 9.47 Å². The number of carbonyl (C=O) groups excluding carboxylic acids is 2. The number of aryl methyl sites for hydroxylation is 1. The maximum Gasteiger partial charge on any atom is 0.257 e. The maximum absolute atomic E-state index is 14.3. The van der Waals surface area contributed by atoms with Gasteiger partial charge in [-0.15, -0.1) is 0 Å². The van der Waals surface area contributed by atoms with Crippen LogP contribution in [0.1, 0.15) is 39.3 Å². The summed E-state index contributed by atoms with van der Waals surface area (Å²) in [5.41, 5.74) is 2.41. The number of nitrogens with one attached hydrogen (secondary N) is 2. The number of ether oxygens (including phenoxy) is 2. The average molecular weight is 535 g/mol. The molecule has 1 atom stereocenters. The highest BCUT2D eigenvalue weighted by atomic mass is 19.1. The largest absolute Gasteiger partial charge is 0.378 e. The molecule has 11 heteroatoms. The number of benzene rings is 1. The van der Waals surface area contributed by atoms with Crippen LogP contribution in [0.25, 0.3) is 0 Å². The minimum atomic E-state index is -0.507. The van der Waals surface area contributed by atoms with Crippen LogP contribution < -0.4 is 20.4 Å². The normalized spacial score (nSPS) is 17.1. The fraction of sp³-hybridized carbons (Fsp3) is 0.357. The second-order valence-corrected chi connectivity index (χ2v) is 9.55. The number of anilines is 4. The Kier molecular flexibility index (Phi) is 7.99. The van der Waals surface area contributed by atoms with E-state index < -0.39 is 17.6 Å². The van der Waals surface area contributed by atoms with Gasteiger partial charge in [0.15, 0.2) is 0 Å². The first kappa shape index (κ1) is 26.5. The highest BCUT2D eigenvalue weighted by Crippen LogP contribution is 2.23. The van der Waals surface area contributed by atoms with Crippen LogP contribution >= 0.6 is 0 Å². The van der Waals surface area contributed by atoms with Gasteiger partial charge in [0.05, 0.1) is 48.2 Å². The predicted molar refractivity (Wildman–Crippen MR) is 146 cm³/mol. The summed E-state index contributed by atoms with van der Waals surface area (Å²) in [6.07, 6.45) is 5.02. The summed E-state index contributed by atoms with van der Waals surface area (Å²) in [6, 6.07) is 9.37. The van der Waals surface area contributed by atoms with Crippen LogP contribution in [0.4, 0.5) is 27.3 Å². The molecule has 0 radical (unpaired) electrons. The summed E-state index contributed by atoms with van der Waals surface area (Å²) in [6.45, 7) is 4.78. The molecule has 2 fully saturated rings. The maximum atomic E-state index is 14.3. The average Bonchev–Trinajstić information content (AvgIpc) is 3.49. The molecule has 2 saturated heterocycles. The number of morpholine rings is 1. The zero-order valence-corrected chi connectivity index (χ0v) is 21.9. The summed E-state index contributed by atoms with van der Waals surface area (Å²) < 4.78 is 25.4. The van der Waals surface area contributed by atoms with Crippen molar-refractivity contribution in [1.82, 2.24) is 9.97 Å². The standard InChI is InChI=1S/C28H31FN6O4/c1-18-24(28(37)32-21-5-6-25(31-16-21)34(2)26-4-3-9-39-26)15-22(17-30-18)33-27(36)19-12-20(29)14-23(13-19)35-7-10-38-11-8-35/h5-6,12-17,26H,3-4,7-11H2,1-2H3,(H,32,37)(H,33,36). The summed E-state index contributed by atoms with van der Waals surface area (Å²) in [5.74, 6) is -0.654. The van der Waals surface area contributed by atoms with Crippen molar-refractivity contribution in [3.8, 4) is 0 Å². The Morgan fingerprint density at radius 2 is 1.77 bits per heavy atom. The smallest absolute Gasteiger partial charge is 0.257 e. The molecule has 2 aliphatic heterocycles. The van der Waals surface area contributed by atoms with Gasteiger partial charge in [0.2, 0.25) is 0 Å². The van der Waals surface area contributed by atoms with Gasteiger partial charge in [-0.05, 0) is 56.2 Å². The van der Waals surface area contributed by atoms with E-state index in [0.29, 0.717) is 54.6 Å². The zero-order chi connectivity index (χ0) is 27.4. The minimum absolute atomic E-state index is 0.00273. The number of carbonyl (C=O) groups is 2. The molecule has 1 aromatic carbocycles. The van der Waals surface area contributed by atoms with E-state index in [0.717, 1.165) is 25.3 Å². The quantitative estimate of drug-likeness (QED) is 0.471. The van der Waals surface area contributed by atoms with Crippen LogP contribution in [0.15, 0.2) is 48.8 Å². The second-order valence-electron chi connectivity index (χ2n) is 9.55. The fourth-order valence-corrected chi connectivity index (χ4v) is 4.62. The number of halogens is 1. The lowest BCUT2D eigenvalue weighted by molar-refractivity contribution is 0.101. The Balaban J connectivity index is 1.26. The molecular formula is C28H31FN6O4. The van der Waals surface area contributed by atoms with Crippen molar-refractivity contribution in [2.24, 2.45) is 0 Å². The van der Waals surface area contributed by atoms with E-state index in [4.69, 9.17) is 9.47 Å². The van der Waals surface area contributed by atoms with Gasteiger partial charge in [0.1, 0.15) is 17.9 Å². The molecule has 5 rings (SSSR count). The predicted octanol–water partition coefficient (Wildman–Crippen LogP) is 3.84. The molecule has 3 aromatic rings. The first-order chi connectivity index (χ1) is 18.9. The minimum Gasteiger partial charge on any atom is -0.378 e. The second kappa shape index (κ2) is 11.7. The van der Waals surface area contributed by atoms with Crippen LogP contribution in [-0.4, -0.2) is 68.0 Å². The van der Waals surface area contributed by atoms with Crippen molar-refractivity contribution in [2.45, 2.75) is 26.0 Å². The Bertz CT molecular complexity index is 1340. The third kappa shape index (κ3) is 6.32. The molecule has 2 N–H and O–H groups in total. The van der Waals surface area contributed by atoms with E-state index in [1.165, 1.54) is 18.3 Å². The summed E-state index contributed by atoms with van der Waals surface area (Å²) >= 11 is 0. The lowest BCUT2D eigenvalue weighted by Gasteiger charge is -2.29. The van der Waals surface area contributed by atoms with Gasteiger partial charge in [-0.2, -0.15) is 0 Å². The fourth-order valence-electron chi connectivity index (χ4n) is 4.62. The molecular weight excluding hydrogens is 503 g/mol. The lowest BCUT2D eigenvalue weighted by atomic mass is 10.1. The van der Waals surface area contributed by atoms with E-state index in [-0.39, 0.29) is 11.8 Å². The Morgan fingerprint density at radius 3 is 2.49 bits per heavy atom. The van der Waals surface area contributed by atoms with Crippen molar-refractivity contribution < 1.29 is 23.5 Å². The molecule has 0 aliphatic carbocycles. The third-order valence-corrected chi connectivity index (χ3v) is 6.82. The molecule has 10 nitrogen and oxygen atoms in total. The topological polar surface area (TPSA) is 109 Å². The van der Waals surface area contributed by atoms with Gasteiger partial charge in [-0.1, -0.05) is 0 Å². The SMILES string of the molecule is Cc1ncc(NC(=O)c2cc(F)cc(N3CCOCC3)c2)cc1C(=O)Nc1ccc(N(C)C2CCCO2)nc1. The zero-order valence-electron chi connectivity index (χ0n) is 21.9. The Hall–Kier alpha value is -4.09. The van der Waals surface area contributed by atoms with E-state index in [9.17, 15) is 14.0 Å². The van der Waals surface area contributed by atoms with Crippen molar-refractivity contribution >= 4 is 34.7 Å². The third-order valence-electron chi connectivity index (χ3n) is 6.82. The number of hydrogen-bond donors (Lipinski definition) is 2. The van der Waals surface area contributed by atoms with Gasteiger partial charge < -0.3 is 29.9 Å². The van der Waals surface area contributed by atoms with Crippen LogP contribution in [0.3, 0.4) is 0 Å². The molecule has 4 heterocycles. The first-order valence-corrected chi connectivity index (χ1v) is 12.9. The van der Waals surface area contributed by atoms with E-state index in [1.807, 2.05) is 22.9 Å². The van der Waals surface area contributed by atoms with Crippen molar-refractivity contribution in [3.05, 3.63) is 71.4 Å². The monoisotopic (exact) mass is 534 g/mol. The van der Waals surface area contributed by atoms with E-state index in [2.05, 4.69) is 20.6 Å². The molecule has 2 aliphatic rings. The Morgan fingerprint density at radius 1 is 1.00 bits per heavy atom. The highest BCUT2D eigenvalue weighted by molar-refractivity contribution is 6.08. The van der Waals surface area contributed by atoms with Crippen molar-refractivity contribution in [2.75, 3.05) is 60.4 Å². The van der Waals surface area contributed by atoms with Crippen molar-refractivity contribution in [3.63, 3.8) is 0 Å². The molecule has 2 amide bonds. The molecule has 2 aromatic heterocycles. The van der Waals surface area contributed by atoms with Crippen LogP contribution in [0, 0.1) is 12.7 Å². The molecule has 204 valence electrons. The number of pyridine rings is 2. The number of aromatic nitrogens is 2. The van der Waals surface area contributed by atoms with Crippen LogP contribution in [0.2, 0.25) is 0 Å². The molecule has 1 unspecified atom stereocenters. The number of hydrogen-bond acceptors (Lipinski definition) is 8. The first-order valence-electron chi connectivity index (χ1n) is 12.9. The number of amides is 2. The van der Waals surface area contributed by atoms with Gasteiger partial charge >= 0.3 is 0 Å². The molecule has 0 spiro atoms. The van der Waals surface area contributed by atoms with Gasteiger partial charge in [-0.25, -0.2) is 9.37 Å².